The summed E-state index contributed by atoms with van der Waals surface area (Å²) < 4.78 is 16.1. The Kier molecular flexibility index (Phi) is 6.69. The third kappa shape index (κ3) is 4.67. The standard InChI is InChI=1S/C23H29FN6/c1-2-8-22(23-25-26-27-30(23)14-13-19-9-4-3-5-10-19)29-17-15-28(16-18-29)21-12-7-6-11-20(21)24/h3-7,9-12,22H,2,8,13-18H2,1H3/p+1/t22-/m0/s1. The van der Waals surface area contributed by atoms with Gasteiger partial charge in [0, 0.05) is 13.0 Å². The molecule has 158 valence electrons. The number of nitrogens with zero attached hydrogens (tertiary/aromatic N) is 5. The SMILES string of the molecule is CCC[C@@H](c1nnnn1CCc1ccccc1)[NH+]1CCN(c2ccccc2F)CC1. The van der Waals surface area contributed by atoms with Crippen molar-refractivity contribution in [1.82, 2.24) is 20.2 Å². The van der Waals surface area contributed by atoms with Crippen LogP contribution in [-0.2, 0) is 13.0 Å². The fraction of sp³-hybridized carbons (Fsp3) is 0.435. The summed E-state index contributed by atoms with van der Waals surface area (Å²) in [5.74, 6) is 0.832. The van der Waals surface area contributed by atoms with Gasteiger partial charge in [-0.3, -0.25) is 0 Å². The number of nitrogens with one attached hydrogen (secondary N) is 1. The summed E-state index contributed by atoms with van der Waals surface area (Å²) in [5, 5.41) is 12.7. The van der Waals surface area contributed by atoms with Crippen LogP contribution in [0.2, 0.25) is 0 Å². The van der Waals surface area contributed by atoms with Crippen molar-refractivity contribution in [2.45, 2.75) is 38.8 Å². The Morgan fingerprint density at radius 2 is 1.77 bits per heavy atom. The van der Waals surface area contributed by atoms with Crippen molar-refractivity contribution in [3.05, 3.63) is 71.8 Å². The minimum atomic E-state index is -0.143. The van der Waals surface area contributed by atoms with Crippen molar-refractivity contribution in [3.8, 4) is 0 Å². The highest BCUT2D eigenvalue weighted by atomic mass is 19.1. The highest BCUT2D eigenvalue weighted by Gasteiger charge is 2.32. The van der Waals surface area contributed by atoms with E-state index < -0.39 is 0 Å². The van der Waals surface area contributed by atoms with E-state index in [9.17, 15) is 4.39 Å². The first-order valence-corrected chi connectivity index (χ1v) is 10.9. The Balaban J connectivity index is 1.44. The van der Waals surface area contributed by atoms with E-state index >= 15 is 0 Å². The van der Waals surface area contributed by atoms with Gasteiger partial charge >= 0.3 is 0 Å². The molecule has 0 radical (unpaired) electrons. The zero-order chi connectivity index (χ0) is 20.8. The second-order valence-corrected chi connectivity index (χ2v) is 7.93. The van der Waals surface area contributed by atoms with Gasteiger partial charge in [-0.05, 0) is 34.5 Å². The van der Waals surface area contributed by atoms with Crippen molar-refractivity contribution in [1.29, 1.82) is 0 Å². The molecule has 1 atom stereocenters. The number of aromatic nitrogens is 4. The number of hydrogen-bond acceptors (Lipinski definition) is 4. The first kappa shape index (κ1) is 20.5. The molecule has 0 aliphatic carbocycles. The fourth-order valence-corrected chi connectivity index (χ4v) is 4.40. The molecule has 1 aromatic heterocycles. The molecule has 1 N–H and O–H groups in total. The first-order valence-electron chi connectivity index (χ1n) is 10.9. The maximum atomic E-state index is 14.2. The van der Waals surface area contributed by atoms with Gasteiger partial charge in [0.15, 0.2) is 0 Å². The Labute approximate surface area is 177 Å². The monoisotopic (exact) mass is 409 g/mol. The quantitative estimate of drug-likeness (QED) is 0.620. The molecule has 0 saturated carbocycles. The highest BCUT2D eigenvalue weighted by Crippen LogP contribution is 2.19. The summed E-state index contributed by atoms with van der Waals surface area (Å²) in [6.45, 7) is 6.56. The van der Waals surface area contributed by atoms with Crippen LogP contribution in [0.15, 0.2) is 54.6 Å². The lowest BCUT2D eigenvalue weighted by molar-refractivity contribution is -0.933. The van der Waals surface area contributed by atoms with Crippen LogP contribution in [0.25, 0.3) is 0 Å². The molecule has 1 aliphatic rings. The molecule has 2 aromatic carbocycles. The zero-order valence-corrected chi connectivity index (χ0v) is 17.5. The summed E-state index contributed by atoms with van der Waals surface area (Å²) in [5.41, 5.74) is 1.99. The van der Waals surface area contributed by atoms with Gasteiger partial charge in [0.1, 0.15) is 11.9 Å². The van der Waals surface area contributed by atoms with E-state index in [2.05, 4.69) is 51.6 Å². The minimum Gasteiger partial charge on any atom is -0.358 e. The number of quaternary nitrogens is 1. The second-order valence-electron chi connectivity index (χ2n) is 7.93. The molecule has 1 saturated heterocycles. The van der Waals surface area contributed by atoms with Crippen molar-refractivity contribution >= 4 is 5.69 Å². The molecule has 0 spiro atoms. The van der Waals surface area contributed by atoms with Gasteiger partial charge in [-0.2, -0.15) is 0 Å². The van der Waals surface area contributed by atoms with Gasteiger partial charge in [0.05, 0.1) is 31.9 Å². The molecular weight excluding hydrogens is 379 g/mol. The number of halogens is 1. The molecule has 4 rings (SSSR count). The largest absolute Gasteiger partial charge is 0.358 e. The van der Waals surface area contributed by atoms with E-state index in [-0.39, 0.29) is 11.9 Å². The lowest BCUT2D eigenvalue weighted by Gasteiger charge is -2.37. The maximum absolute atomic E-state index is 14.2. The van der Waals surface area contributed by atoms with E-state index in [1.165, 1.54) is 16.5 Å². The van der Waals surface area contributed by atoms with Crippen molar-refractivity contribution in [2.24, 2.45) is 0 Å². The van der Waals surface area contributed by atoms with Crippen LogP contribution in [0.1, 0.15) is 37.2 Å². The fourth-order valence-electron chi connectivity index (χ4n) is 4.40. The molecule has 30 heavy (non-hydrogen) atoms. The zero-order valence-electron chi connectivity index (χ0n) is 17.5. The smallest absolute Gasteiger partial charge is 0.209 e. The lowest BCUT2D eigenvalue weighted by Crippen LogP contribution is -3.15. The van der Waals surface area contributed by atoms with Crippen LogP contribution >= 0.6 is 0 Å². The highest BCUT2D eigenvalue weighted by molar-refractivity contribution is 5.47. The van der Waals surface area contributed by atoms with Gasteiger partial charge in [0.2, 0.25) is 5.82 Å². The number of rotatable bonds is 8. The van der Waals surface area contributed by atoms with Crippen molar-refractivity contribution in [2.75, 3.05) is 31.1 Å². The number of piperazine rings is 1. The number of tetrazole rings is 1. The number of anilines is 1. The third-order valence-electron chi connectivity index (χ3n) is 6.00. The van der Waals surface area contributed by atoms with Crippen LogP contribution in [0.3, 0.4) is 0 Å². The van der Waals surface area contributed by atoms with E-state index in [4.69, 9.17) is 0 Å². The summed E-state index contributed by atoms with van der Waals surface area (Å²) in [6, 6.07) is 17.8. The molecule has 7 heteroatoms. The normalized spacial score (nSPS) is 16.0. The predicted molar refractivity (Wildman–Crippen MR) is 115 cm³/mol. The number of para-hydroxylation sites is 1. The molecule has 2 heterocycles. The number of aryl methyl sites for hydroxylation is 2. The van der Waals surface area contributed by atoms with E-state index in [0.717, 1.165) is 57.8 Å². The van der Waals surface area contributed by atoms with Crippen molar-refractivity contribution < 1.29 is 9.29 Å². The van der Waals surface area contributed by atoms with Crippen molar-refractivity contribution in [3.63, 3.8) is 0 Å². The van der Waals surface area contributed by atoms with E-state index in [1.807, 2.05) is 22.9 Å². The van der Waals surface area contributed by atoms with Gasteiger partial charge in [-0.25, -0.2) is 9.07 Å². The predicted octanol–water partition coefficient (Wildman–Crippen LogP) is 2.30. The van der Waals surface area contributed by atoms with Gasteiger partial charge in [0.25, 0.3) is 0 Å². The molecule has 6 nitrogen and oxygen atoms in total. The van der Waals surface area contributed by atoms with Gasteiger partial charge < -0.3 is 9.80 Å². The van der Waals surface area contributed by atoms with Crippen LogP contribution < -0.4 is 9.80 Å². The topological polar surface area (TPSA) is 51.3 Å². The van der Waals surface area contributed by atoms with Crippen LogP contribution in [0, 0.1) is 5.82 Å². The molecule has 1 aliphatic heterocycles. The Hall–Kier alpha value is -2.80. The van der Waals surface area contributed by atoms with Crippen LogP contribution in [-0.4, -0.2) is 46.4 Å². The second kappa shape index (κ2) is 9.80. The molecule has 1 fully saturated rings. The minimum absolute atomic E-state index is 0.143. The Bertz CT molecular complexity index is 920. The summed E-state index contributed by atoms with van der Waals surface area (Å²) in [7, 11) is 0. The van der Waals surface area contributed by atoms with Crippen LogP contribution in [0.4, 0.5) is 10.1 Å². The molecular formula is C23H30FN6+. The first-order chi connectivity index (χ1) is 14.8. The molecule has 0 unspecified atom stereocenters. The average molecular weight is 410 g/mol. The van der Waals surface area contributed by atoms with Crippen LogP contribution in [0.5, 0.6) is 0 Å². The summed E-state index contributed by atoms with van der Waals surface area (Å²) in [4.78, 5) is 3.64. The Morgan fingerprint density at radius 1 is 1.03 bits per heavy atom. The summed E-state index contributed by atoms with van der Waals surface area (Å²) >= 11 is 0. The van der Waals surface area contributed by atoms with Gasteiger partial charge in [-0.15, -0.1) is 5.10 Å². The van der Waals surface area contributed by atoms with Gasteiger partial charge in [-0.1, -0.05) is 55.8 Å². The Morgan fingerprint density at radius 3 is 2.50 bits per heavy atom. The maximum Gasteiger partial charge on any atom is 0.209 e. The third-order valence-corrected chi connectivity index (χ3v) is 6.00. The van der Waals surface area contributed by atoms with E-state index in [1.54, 1.807) is 6.07 Å². The number of benzene rings is 2. The molecule has 0 amide bonds. The average Bonchev–Trinajstić information content (AvgIpc) is 3.26. The summed E-state index contributed by atoms with van der Waals surface area (Å²) in [6.07, 6.45) is 3.03. The molecule has 0 bridgehead atoms. The molecule has 3 aromatic rings. The lowest BCUT2D eigenvalue weighted by atomic mass is 10.1. The van der Waals surface area contributed by atoms with E-state index in [0.29, 0.717) is 5.69 Å². The number of hydrogen-bond donors (Lipinski definition) is 1.